The lowest BCUT2D eigenvalue weighted by Crippen LogP contribution is -2.63. The Labute approximate surface area is 177 Å². The van der Waals surface area contributed by atoms with Gasteiger partial charge in [0, 0.05) is 16.7 Å². The molecule has 2 N–H and O–H groups in total. The van der Waals surface area contributed by atoms with Gasteiger partial charge >= 0.3 is 0 Å². The van der Waals surface area contributed by atoms with Gasteiger partial charge in [-0.05, 0) is 63.5 Å². The molecule has 5 aliphatic rings. The average Bonchev–Trinajstić information content (AvgIpc) is 3.07. The van der Waals surface area contributed by atoms with Crippen molar-refractivity contribution in [3.05, 3.63) is 23.8 Å². The zero-order valence-corrected chi connectivity index (χ0v) is 18.2. The Bertz CT molecular complexity index is 873. The summed E-state index contributed by atoms with van der Waals surface area (Å²) in [6.45, 7) is 7.19. The summed E-state index contributed by atoms with van der Waals surface area (Å²) in [5.74, 6) is -0.947. The van der Waals surface area contributed by atoms with Gasteiger partial charge in [0.25, 0.3) is 0 Å². The van der Waals surface area contributed by atoms with Crippen molar-refractivity contribution in [3.8, 4) is 0 Å². The molecule has 1 saturated heterocycles. The summed E-state index contributed by atoms with van der Waals surface area (Å²) in [7, 11) is 0. The van der Waals surface area contributed by atoms with Crippen LogP contribution in [0.2, 0.25) is 0 Å². The van der Waals surface area contributed by atoms with Crippen LogP contribution in [0.3, 0.4) is 0 Å². The molecule has 5 rings (SSSR count). The van der Waals surface area contributed by atoms with E-state index in [2.05, 4.69) is 6.92 Å². The third-order valence-corrected chi connectivity index (χ3v) is 9.05. The SMILES string of the molecule is CC1(C)O[C@@H]2CC3C4CCC5=CC(=O)C=C[C@]5(C)[C@H]4[C@@H](O)C[C@]3(C)[C@]2(C(=O)CO)O1. The zero-order valence-electron chi connectivity index (χ0n) is 18.2. The van der Waals surface area contributed by atoms with Gasteiger partial charge < -0.3 is 19.7 Å². The van der Waals surface area contributed by atoms with Crippen LogP contribution in [0.15, 0.2) is 23.8 Å². The molecule has 6 heteroatoms. The summed E-state index contributed by atoms with van der Waals surface area (Å²) < 4.78 is 12.6. The monoisotopic (exact) mass is 416 g/mol. The van der Waals surface area contributed by atoms with Crippen molar-refractivity contribution in [2.24, 2.45) is 28.6 Å². The van der Waals surface area contributed by atoms with Crippen LogP contribution in [0.25, 0.3) is 0 Å². The number of ether oxygens (including phenoxy) is 2. The first-order valence-electron chi connectivity index (χ1n) is 11.1. The molecule has 0 aromatic carbocycles. The van der Waals surface area contributed by atoms with Gasteiger partial charge in [-0.15, -0.1) is 0 Å². The summed E-state index contributed by atoms with van der Waals surface area (Å²) in [4.78, 5) is 25.1. The summed E-state index contributed by atoms with van der Waals surface area (Å²) in [5, 5.41) is 21.3. The molecule has 0 bridgehead atoms. The van der Waals surface area contributed by atoms with E-state index in [1.54, 1.807) is 26.0 Å². The number of hydrogen-bond acceptors (Lipinski definition) is 6. The van der Waals surface area contributed by atoms with E-state index in [4.69, 9.17) is 9.47 Å². The van der Waals surface area contributed by atoms with Gasteiger partial charge in [0.1, 0.15) is 6.61 Å². The highest BCUT2D eigenvalue weighted by Gasteiger charge is 2.76. The minimum absolute atomic E-state index is 0.0167. The first-order valence-corrected chi connectivity index (χ1v) is 11.1. The summed E-state index contributed by atoms with van der Waals surface area (Å²) in [6, 6.07) is 0. The largest absolute Gasteiger partial charge is 0.393 e. The fraction of sp³-hybridized carbons (Fsp3) is 0.750. The van der Waals surface area contributed by atoms with Crippen molar-refractivity contribution in [2.75, 3.05) is 6.61 Å². The first kappa shape index (κ1) is 20.6. The highest BCUT2D eigenvalue weighted by Crippen LogP contribution is 2.70. The maximum absolute atomic E-state index is 13.2. The Morgan fingerprint density at radius 1 is 1.27 bits per heavy atom. The van der Waals surface area contributed by atoms with Gasteiger partial charge in [-0.2, -0.15) is 0 Å². The second-order valence-corrected chi connectivity index (χ2v) is 10.9. The van der Waals surface area contributed by atoms with Gasteiger partial charge in [0.05, 0.1) is 12.2 Å². The van der Waals surface area contributed by atoms with Gasteiger partial charge in [0.2, 0.25) is 0 Å². The third kappa shape index (κ3) is 2.34. The fourth-order valence-corrected chi connectivity index (χ4v) is 8.04. The molecule has 0 amide bonds. The number of hydrogen-bond donors (Lipinski definition) is 2. The van der Waals surface area contributed by atoms with Crippen molar-refractivity contribution in [1.82, 2.24) is 0 Å². The molecular formula is C24H32O6. The lowest BCUT2D eigenvalue weighted by molar-refractivity contribution is -0.225. The molecule has 4 aliphatic carbocycles. The van der Waals surface area contributed by atoms with Crippen LogP contribution < -0.4 is 0 Å². The number of allylic oxidation sites excluding steroid dienone is 4. The van der Waals surface area contributed by atoms with Crippen molar-refractivity contribution >= 4 is 11.6 Å². The molecule has 6 nitrogen and oxygen atoms in total. The molecule has 0 spiro atoms. The van der Waals surface area contributed by atoms with E-state index < -0.39 is 35.6 Å². The van der Waals surface area contributed by atoms with Crippen LogP contribution in [0, 0.1) is 28.6 Å². The van der Waals surface area contributed by atoms with Crippen LogP contribution >= 0.6 is 0 Å². The Hall–Kier alpha value is -1.34. The van der Waals surface area contributed by atoms with Gasteiger partial charge in [-0.3, -0.25) is 9.59 Å². The third-order valence-electron chi connectivity index (χ3n) is 9.05. The predicted molar refractivity (Wildman–Crippen MR) is 108 cm³/mol. The van der Waals surface area contributed by atoms with Gasteiger partial charge in [0.15, 0.2) is 23.0 Å². The number of carbonyl (C=O) groups excluding carboxylic acids is 2. The Kier molecular flexibility index (Phi) is 4.20. The molecule has 4 fully saturated rings. The average molecular weight is 417 g/mol. The number of aliphatic hydroxyl groups excluding tert-OH is 2. The maximum Gasteiger partial charge on any atom is 0.193 e. The Morgan fingerprint density at radius 3 is 2.70 bits per heavy atom. The summed E-state index contributed by atoms with van der Waals surface area (Å²) in [6.07, 6.45) is 7.04. The standard InChI is InChI=1S/C24H32O6/c1-21(2)29-19-10-16-15-6-5-13-9-14(26)7-8-22(13,3)20(15)17(27)11-23(16,4)24(19,30-21)18(28)12-25/h7-9,15-17,19-20,25,27H,5-6,10-12H2,1-4H3/t15?,16?,17-,19+,20+,22-,23-,24+/m0/s1. The lowest BCUT2D eigenvalue weighted by atomic mass is 9.46. The number of fused-ring (bicyclic) bond motifs is 7. The maximum atomic E-state index is 13.2. The molecule has 30 heavy (non-hydrogen) atoms. The normalized spacial score (nSPS) is 50.9. The van der Waals surface area contributed by atoms with Crippen LogP contribution in [-0.4, -0.2) is 52.0 Å². The van der Waals surface area contributed by atoms with Crippen LogP contribution in [-0.2, 0) is 19.1 Å². The van der Waals surface area contributed by atoms with Crippen LogP contribution in [0.4, 0.5) is 0 Å². The minimum Gasteiger partial charge on any atom is -0.393 e. The molecule has 0 radical (unpaired) electrons. The van der Waals surface area contributed by atoms with E-state index in [9.17, 15) is 19.8 Å². The molecule has 0 aromatic heterocycles. The van der Waals surface area contributed by atoms with Crippen LogP contribution in [0.5, 0.6) is 0 Å². The Morgan fingerprint density at radius 2 is 2.00 bits per heavy atom. The van der Waals surface area contributed by atoms with Crippen molar-refractivity contribution < 1.29 is 29.3 Å². The van der Waals surface area contributed by atoms with E-state index in [-0.39, 0.29) is 34.7 Å². The topological polar surface area (TPSA) is 93.1 Å². The highest BCUT2D eigenvalue weighted by molar-refractivity contribution is 6.01. The summed E-state index contributed by atoms with van der Waals surface area (Å²) >= 11 is 0. The highest BCUT2D eigenvalue weighted by atomic mass is 16.8. The van der Waals surface area contributed by atoms with Crippen LogP contribution in [0.1, 0.15) is 53.4 Å². The lowest BCUT2D eigenvalue weighted by Gasteiger charge is -2.59. The molecule has 1 heterocycles. The Balaban J connectivity index is 1.59. The van der Waals surface area contributed by atoms with E-state index in [0.717, 1.165) is 18.4 Å². The molecule has 2 unspecified atom stereocenters. The molecule has 1 aliphatic heterocycles. The first-order chi connectivity index (χ1) is 14.0. The number of ketones is 2. The molecular weight excluding hydrogens is 384 g/mol. The molecule has 3 saturated carbocycles. The van der Waals surface area contributed by atoms with E-state index in [0.29, 0.717) is 12.8 Å². The van der Waals surface area contributed by atoms with E-state index in [1.165, 1.54) is 0 Å². The van der Waals surface area contributed by atoms with Crippen molar-refractivity contribution in [2.45, 2.75) is 77.0 Å². The van der Waals surface area contributed by atoms with Crippen molar-refractivity contribution in [1.29, 1.82) is 0 Å². The van der Waals surface area contributed by atoms with E-state index in [1.807, 2.05) is 13.0 Å². The van der Waals surface area contributed by atoms with E-state index >= 15 is 0 Å². The smallest absolute Gasteiger partial charge is 0.193 e. The predicted octanol–water partition coefficient (Wildman–Crippen LogP) is 2.33. The minimum atomic E-state index is -1.24. The quantitative estimate of drug-likeness (QED) is 0.718. The number of aliphatic hydroxyl groups is 2. The van der Waals surface area contributed by atoms with Gasteiger partial charge in [-0.25, -0.2) is 0 Å². The summed E-state index contributed by atoms with van der Waals surface area (Å²) in [5.41, 5.74) is -1.12. The number of carbonyl (C=O) groups is 2. The number of rotatable bonds is 2. The van der Waals surface area contributed by atoms with Crippen molar-refractivity contribution in [3.63, 3.8) is 0 Å². The zero-order chi connectivity index (χ0) is 21.7. The number of Topliss-reactive ketones (excluding diaryl/α,β-unsaturated/α-hetero) is 1. The second kappa shape index (κ2) is 6.12. The second-order valence-electron chi connectivity index (χ2n) is 10.9. The fourth-order valence-electron chi connectivity index (χ4n) is 8.04. The molecule has 8 atom stereocenters. The van der Waals surface area contributed by atoms with Gasteiger partial charge in [-0.1, -0.05) is 25.5 Å². The molecule has 0 aromatic rings. The molecule has 164 valence electrons.